The molecule has 5 fully saturated rings. The Kier molecular flexibility index (Phi) is 12.9. The first-order chi connectivity index (χ1) is 32.2. The zero-order valence-corrected chi connectivity index (χ0v) is 38.5. The quantitative estimate of drug-likeness (QED) is 0.163. The van der Waals surface area contributed by atoms with Crippen molar-refractivity contribution in [2.24, 2.45) is 11.3 Å². The first kappa shape index (κ1) is 46.2. The molecule has 16 nitrogen and oxygen atoms in total. The molecule has 2 aromatic carbocycles. The van der Waals surface area contributed by atoms with Gasteiger partial charge < -0.3 is 40.1 Å². The van der Waals surface area contributed by atoms with Crippen LogP contribution in [-0.4, -0.2) is 114 Å². The number of likely N-dealkylation sites (N-methyl/N-ethyl adjacent to an activating group) is 1. The monoisotopic (exact) mass is 925 g/mol. The molecule has 358 valence electrons. The highest BCUT2D eigenvalue weighted by molar-refractivity contribution is 6.04. The minimum Gasteiger partial charge on any atom is -0.495 e. The van der Waals surface area contributed by atoms with Crippen molar-refractivity contribution in [2.45, 2.75) is 120 Å². The molecular formula is C49H61F2N9O7. The molecule has 4 aliphatic heterocycles. The van der Waals surface area contributed by atoms with E-state index in [2.05, 4.69) is 25.8 Å². The first-order valence-corrected chi connectivity index (χ1v) is 23.9. The molecule has 1 spiro atoms. The number of methoxy groups -OCH3 is 1. The molecule has 67 heavy (non-hydrogen) atoms. The Morgan fingerprint density at radius 3 is 2.39 bits per heavy atom. The molecule has 0 bridgehead atoms. The standard InChI is InChI=1S/C49H61F2N9O7/c1-4-37-46(66)57(2)38-25-52-47(55-42(38)60(37)31-9-5-6-10-31)53-36-13-11-29(22-39(36)67-3)43(63)56-49(17-21-61)27-48(28-49)15-19-58(20-16-48)45(65)30-8-7-18-59(26-30)32-23-34(50)41(35(51)24-32)33-12-14-40(62)54-44(33)64/h11,13,22-25,30-31,33,37,61H,4-10,12,14-21,26-28H2,1-3H3,(H,56,63)(H,52,53,55)(H,54,62,64)/t30-,33?,37-/m1/s1. The third-order valence-corrected chi connectivity index (χ3v) is 15.4. The lowest BCUT2D eigenvalue weighted by molar-refractivity contribution is -0.141. The van der Waals surface area contributed by atoms with Gasteiger partial charge in [0.1, 0.15) is 29.1 Å². The fourth-order valence-corrected chi connectivity index (χ4v) is 12.0. The van der Waals surface area contributed by atoms with Crippen LogP contribution >= 0.6 is 0 Å². The number of hydrogen-bond acceptors (Lipinski definition) is 12. The van der Waals surface area contributed by atoms with E-state index in [-0.39, 0.29) is 66.2 Å². The SMILES string of the molecule is CC[C@@H]1C(=O)N(C)c2cnc(Nc3ccc(C(=O)NC4(CCO)CC5(CCN(C(=O)[C@@H]6CCCN(c7cc(F)c(C8CCC(=O)NC8=O)c(F)c7)C6)CC5)C4)cc3OC)nc2N1C1CCCC1. The van der Waals surface area contributed by atoms with Crippen LogP contribution in [0.25, 0.3) is 0 Å². The van der Waals surface area contributed by atoms with Crippen LogP contribution in [0.2, 0.25) is 0 Å². The van der Waals surface area contributed by atoms with Crippen molar-refractivity contribution >= 4 is 58.4 Å². The molecule has 18 heteroatoms. The number of carbonyl (C=O) groups excluding carboxylic acids is 5. The second kappa shape index (κ2) is 18.6. The molecule has 5 amide bonds. The van der Waals surface area contributed by atoms with Crippen molar-refractivity contribution in [3.8, 4) is 5.75 Å². The van der Waals surface area contributed by atoms with Crippen molar-refractivity contribution < 1.29 is 42.6 Å². The number of amides is 5. The summed E-state index contributed by atoms with van der Waals surface area (Å²) < 4.78 is 36.6. The first-order valence-electron chi connectivity index (χ1n) is 23.9. The summed E-state index contributed by atoms with van der Waals surface area (Å²) in [5, 5.41) is 18.8. The van der Waals surface area contributed by atoms with Crippen molar-refractivity contribution in [1.82, 2.24) is 25.5 Å². The Morgan fingerprint density at radius 1 is 0.985 bits per heavy atom. The summed E-state index contributed by atoms with van der Waals surface area (Å²) >= 11 is 0. The molecule has 0 radical (unpaired) electrons. The zero-order chi connectivity index (χ0) is 47.2. The number of fused-ring (bicyclic) bond motifs is 1. The van der Waals surface area contributed by atoms with E-state index in [0.29, 0.717) is 99.0 Å². The van der Waals surface area contributed by atoms with Crippen LogP contribution in [0.5, 0.6) is 5.75 Å². The number of piperidine rings is 3. The summed E-state index contributed by atoms with van der Waals surface area (Å²) in [6, 6.07) is 7.50. The van der Waals surface area contributed by atoms with Gasteiger partial charge in [-0.25, -0.2) is 13.8 Å². The molecule has 1 unspecified atom stereocenters. The number of benzene rings is 2. The maximum atomic E-state index is 15.4. The number of aliphatic hydroxyl groups excluding tert-OH is 1. The summed E-state index contributed by atoms with van der Waals surface area (Å²) in [5.74, 6) is -3.05. The molecule has 3 saturated heterocycles. The smallest absolute Gasteiger partial charge is 0.251 e. The number of nitrogens with one attached hydrogen (secondary N) is 3. The maximum Gasteiger partial charge on any atom is 0.251 e. The lowest BCUT2D eigenvalue weighted by Crippen LogP contribution is -2.64. The Balaban J connectivity index is 0.810. The highest BCUT2D eigenvalue weighted by atomic mass is 19.1. The van der Waals surface area contributed by atoms with Gasteiger partial charge in [-0.15, -0.1) is 0 Å². The third-order valence-electron chi connectivity index (χ3n) is 15.4. The van der Waals surface area contributed by atoms with Gasteiger partial charge in [0, 0.05) is 74.6 Å². The number of imide groups is 1. The van der Waals surface area contributed by atoms with Gasteiger partial charge in [-0.05, 0) is 106 Å². The van der Waals surface area contributed by atoms with Crippen molar-refractivity contribution in [2.75, 3.05) is 67.0 Å². The molecule has 6 aliphatic rings. The van der Waals surface area contributed by atoms with E-state index in [1.54, 1.807) is 36.3 Å². The third kappa shape index (κ3) is 8.88. The van der Waals surface area contributed by atoms with E-state index >= 15 is 8.78 Å². The number of anilines is 5. The number of halogens is 2. The van der Waals surface area contributed by atoms with Crippen LogP contribution in [0.4, 0.5) is 37.6 Å². The number of nitrogens with zero attached hydrogens (tertiary/aromatic N) is 6. The van der Waals surface area contributed by atoms with E-state index in [0.717, 1.165) is 44.3 Å². The Morgan fingerprint density at radius 2 is 1.72 bits per heavy atom. The highest BCUT2D eigenvalue weighted by Crippen LogP contribution is 2.56. The summed E-state index contributed by atoms with van der Waals surface area (Å²) in [6.45, 7) is 3.87. The zero-order valence-electron chi connectivity index (χ0n) is 38.5. The summed E-state index contributed by atoms with van der Waals surface area (Å²) in [4.78, 5) is 82.2. The average molecular weight is 926 g/mol. The predicted molar refractivity (Wildman–Crippen MR) is 246 cm³/mol. The molecule has 3 atom stereocenters. The number of likely N-dealkylation sites (tertiary alicyclic amines) is 1. The fraction of sp³-hybridized carbons (Fsp3) is 0.571. The summed E-state index contributed by atoms with van der Waals surface area (Å²) in [7, 11) is 3.29. The normalized spacial score (nSPS) is 23.7. The number of aromatic nitrogens is 2. The molecule has 4 N–H and O–H groups in total. The van der Waals surface area contributed by atoms with E-state index in [1.165, 1.54) is 19.2 Å². The van der Waals surface area contributed by atoms with Gasteiger partial charge in [-0.3, -0.25) is 29.3 Å². The molecule has 3 aromatic rings. The number of carbonyl (C=O) groups is 5. The molecule has 2 saturated carbocycles. The van der Waals surface area contributed by atoms with Crippen LogP contribution in [-0.2, 0) is 19.2 Å². The van der Waals surface area contributed by atoms with E-state index in [1.807, 2.05) is 16.7 Å². The molecule has 1 aromatic heterocycles. The largest absolute Gasteiger partial charge is 0.495 e. The van der Waals surface area contributed by atoms with Gasteiger partial charge in [0.05, 0.1) is 30.8 Å². The van der Waals surface area contributed by atoms with Crippen molar-refractivity contribution in [1.29, 1.82) is 0 Å². The van der Waals surface area contributed by atoms with E-state index in [9.17, 15) is 29.1 Å². The van der Waals surface area contributed by atoms with Crippen LogP contribution in [0.3, 0.4) is 0 Å². The van der Waals surface area contributed by atoms with Gasteiger partial charge in [-0.1, -0.05) is 19.8 Å². The number of hydrogen-bond donors (Lipinski definition) is 4. The molecule has 9 rings (SSSR count). The van der Waals surface area contributed by atoms with Crippen molar-refractivity contribution in [3.05, 3.63) is 59.3 Å². The molecular weight excluding hydrogens is 865 g/mol. The average Bonchev–Trinajstić information content (AvgIpc) is 3.85. The van der Waals surface area contributed by atoms with Crippen LogP contribution in [0.1, 0.15) is 119 Å². The van der Waals surface area contributed by atoms with E-state index < -0.39 is 34.9 Å². The summed E-state index contributed by atoms with van der Waals surface area (Å²) in [5.41, 5.74) is 0.890. The van der Waals surface area contributed by atoms with Crippen LogP contribution < -0.4 is 35.4 Å². The highest BCUT2D eigenvalue weighted by Gasteiger charge is 2.56. The number of aliphatic hydroxyl groups is 1. The fourth-order valence-electron chi connectivity index (χ4n) is 12.0. The second-order valence-corrected chi connectivity index (χ2v) is 19.6. The Hall–Kier alpha value is -5.91. The van der Waals surface area contributed by atoms with Gasteiger partial charge in [0.2, 0.25) is 29.6 Å². The minimum absolute atomic E-state index is 0.00800. The van der Waals surface area contributed by atoms with Gasteiger partial charge in [0.25, 0.3) is 5.91 Å². The lowest BCUT2D eigenvalue weighted by Gasteiger charge is -2.59. The van der Waals surface area contributed by atoms with Crippen molar-refractivity contribution in [3.63, 3.8) is 0 Å². The second-order valence-electron chi connectivity index (χ2n) is 19.6. The number of ether oxygens (including phenoxy) is 1. The van der Waals surface area contributed by atoms with Gasteiger partial charge in [-0.2, -0.15) is 4.98 Å². The van der Waals surface area contributed by atoms with E-state index in [4.69, 9.17) is 9.72 Å². The van der Waals surface area contributed by atoms with Crippen LogP contribution in [0, 0.1) is 23.0 Å². The minimum atomic E-state index is -1.08. The number of rotatable bonds is 12. The van der Waals surface area contributed by atoms with Crippen LogP contribution in [0.15, 0.2) is 36.5 Å². The van der Waals surface area contributed by atoms with Gasteiger partial charge in [0.15, 0.2) is 5.82 Å². The topological polar surface area (TPSA) is 190 Å². The van der Waals surface area contributed by atoms with Gasteiger partial charge >= 0.3 is 0 Å². The maximum absolute atomic E-state index is 15.4. The Bertz CT molecular complexity index is 2410. The molecule has 2 aliphatic carbocycles. The molecule has 5 heterocycles. The lowest BCUT2D eigenvalue weighted by atomic mass is 9.52. The predicted octanol–water partition coefficient (Wildman–Crippen LogP) is 5.70. The Labute approximate surface area is 389 Å². The summed E-state index contributed by atoms with van der Waals surface area (Å²) in [6.07, 6.45) is 11.2.